The van der Waals surface area contributed by atoms with Crippen LogP contribution in [0.1, 0.15) is 5.82 Å². The average Bonchev–Trinajstić information content (AvgIpc) is 3.56. The van der Waals surface area contributed by atoms with Gasteiger partial charge in [-0.3, -0.25) is 28.3 Å². The number of fused-ring (bicyclic) bond motifs is 6. The second-order valence-corrected chi connectivity index (χ2v) is 14.2. The maximum absolute atomic E-state index is 15.7. The van der Waals surface area contributed by atoms with Gasteiger partial charge in [0.15, 0.2) is 24.1 Å². The zero-order valence-electron chi connectivity index (χ0n) is 19.5. The Labute approximate surface area is 229 Å². The molecule has 1 amide bonds. The Morgan fingerprint density at radius 2 is 2.13 bits per heavy atom. The molecule has 0 aromatic carbocycles. The Bertz CT molecular complexity index is 1510. The third kappa shape index (κ3) is 5.36. The number of amidine groups is 1. The molecule has 1 saturated heterocycles. The van der Waals surface area contributed by atoms with Crippen LogP contribution in [0.25, 0.3) is 11.2 Å². The summed E-state index contributed by atoms with van der Waals surface area (Å²) in [4.78, 5) is 48.6. The number of thiol groups is 1. The lowest BCUT2D eigenvalue weighted by atomic mass is 10.1. The van der Waals surface area contributed by atoms with Crippen LogP contribution in [-0.2, 0) is 57.1 Å². The van der Waals surface area contributed by atoms with Crippen molar-refractivity contribution < 1.29 is 41.5 Å². The van der Waals surface area contributed by atoms with Gasteiger partial charge >= 0.3 is 13.5 Å². The molecule has 1 N–H and O–H groups in total. The van der Waals surface area contributed by atoms with E-state index in [1.54, 1.807) is 4.57 Å². The van der Waals surface area contributed by atoms with Crippen molar-refractivity contribution in [3.8, 4) is 0 Å². The van der Waals surface area contributed by atoms with Crippen molar-refractivity contribution in [3.63, 3.8) is 0 Å². The number of ether oxygens (including phenoxy) is 1. The van der Waals surface area contributed by atoms with Crippen molar-refractivity contribution in [2.45, 2.75) is 43.8 Å². The Balaban J connectivity index is 1.33. The van der Waals surface area contributed by atoms with Crippen molar-refractivity contribution in [2.75, 3.05) is 13.2 Å². The molecular weight excluding hydrogens is 601 g/mol. The van der Waals surface area contributed by atoms with Gasteiger partial charge in [0.25, 0.3) is 5.91 Å². The van der Waals surface area contributed by atoms with Crippen molar-refractivity contribution in [1.82, 2.24) is 24.4 Å². The molecular formula is C18H19FN8O8P2S2. The second-order valence-electron chi connectivity index (χ2n) is 8.47. The summed E-state index contributed by atoms with van der Waals surface area (Å²) in [5.41, 5.74) is 0.837. The molecule has 3 unspecified atom stereocenters. The summed E-state index contributed by atoms with van der Waals surface area (Å²) < 4.78 is 57.8. The molecule has 0 radical (unpaired) electrons. The van der Waals surface area contributed by atoms with Crippen LogP contribution in [-0.4, -0.2) is 97.6 Å². The molecule has 4 aliphatic heterocycles. The van der Waals surface area contributed by atoms with Crippen LogP contribution in [0, 0.1) is 0 Å². The fraction of sp³-hybridized carbons (Fsp3) is 0.500. The van der Waals surface area contributed by atoms with Gasteiger partial charge in [-0.1, -0.05) is 12.2 Å². The Morgan fingerprint density at radius 3 is 2.97 bits per heavy atom. The maximum Gasteiger partial charge on any atom is 0.386 e. The Hall–Kier alpha value is -2.05. The lowest BCUT2D eigenvalue weighted by Gasteiger charge is -2.30. The van der Waals surface area contributed by atoms with Crippen LogP contribution in [0.2, 0.25) is 0 Å². The number of amides is 1. The van der Waals surface area contributed by atoms with Gasteiger partial charge in [0.2, 0.25) is 0 Å². The number of imidazole rings is 1. The van der Waals surface area contributed by atoms with E-state index in [0.29, 0.717) is 11.2 Å². The highest BCUT2D eigenvalue weighted by atomic mass is 32.7. The van der Waals surface area contributed by atoms with E-state index < -0.39 is 56.7 Å². The van der Waals surface area contributed by atoms with Crippen LogP contribution in [0.5, 0.6) is 0 Å². The van der Waals surface area contributed by atoms with Gasteiger partial charge < -0.3 is 18.7 Å². The molecule has 0 saturated carbocycles. The molecule has 16 nitrogen and oxygen atoms in total. The molecule has 2 aromatic heterocycles. The molecule has 2 bridgehead atoms. The smallest absolute Gasteiger partial charge is 0.346 e. The topological polar surface area (TPSA) is 184 Å². The first-order valence-electron chi connectivity index (χ1n) is 11.3. The van der Waals surface area contributed by atoms with E-state index in [4.69, 9.17) is 34.6 Å². The number of hydrogen-bond donors (Lipinski definition) is 2. The van der Waals surface area contributed by atoms with Gasteiger partial charge in [-0.15, -0.1) is 0 Å². The first kappa shape index (κ1) is 27.1. The molecule has 6 heterocycles. The molecule has 6 rings (SSSR count). The number of rotatable bonds is 1. The van der Waals surface area contributed by atoms with Crippen molar-refractivity contribution in [2.24, 2.45) is 15.0 Å². The molecule has 2 aromatic rings. The monoisotopic (exact) mass is 620 g/mol. The first-order valence-corrected chi connectivity index (χ1v) is 16.6. The molecule has 1 fully saturated rings. The minimum Gasteiger partial charge on any atom is -0.346 e. The van der Waals surface area contributed by atoms with Crippen LogP contribution < -0.4 is 0 Å². The molecule has 208 valence electrons. The van der Waals surface area contributed by atoms with E-state index >= 15 is 4.39 Å². The number of nitrogens with zero attached hydrogens (tertiary/aromatic N) is 8. The Morgan fingerprint density at radius 1 is 1.28 bits per heavy atom. The summed E-state index contributed by atoms with van der Waals surface area (Å²) in [5, 5.41) is 0. The first-order chi connectivity index (χ1) is 18.6. The average molecular weight is 620 g/mol. The summed E-state index contributed by atoms with van der Waals surface area (Å²) in [6.07, 6.45) is -1.14. The summed E-state index contributed by atoms with van der Waals surface area (Å²) in [7, 11) is 0. The number of carbonyl (C=O) groups excluding carboxylic acids is 1. The summed E-state index contributed by atoms with van der Waals surface area (Å²) in [5.74, 6) is -0.192. The van der Waals surface area contributed by atoms with Crippen molar-refractivity contribution in [3.05, 3.63) is 18.3 Å². The van der Waals surface area contributed by atoms with E-state index in [-0.39, 0.29) is 31.4 Å². The van der Waals surface area contributed by atoms with Crippen molar-refractivity contribution in [1.29, 1.82) is 0 Å². The number of hydrogen-bond acceptors (Lipinski definition) is 14. The number of alkyl halides is 1. The number of carbonyl (C=O) groups is 1. The molecule has 21 heteroatoms. The van der Waals surface area contributed by atoms with E-state index in [9.17, 15) is 14.3 Å². The number of aromatic nitrogens is 4. The highest BCUT2D eigenvalue weighted by Crippen LogP contribution is 2.54. The van der Waals surface area contributed by atoms with Gasteiger partial charge in [0, 0.05) is 6.54 Å². The quantitative estimate of drug-likeness (QED) is 0.337. The van der Waals surface area contributed by atoms with E-state index in [2.05, 4.69) is 42.2 Å². The third-order valence-corrected chi connectivity index (χ3v) is 9.29. The third-order valence-electron chi connectivity index (χ3n) is 6.07. The fourth-order valence-electron chi connectivity index (χ4n) is 4.34. The zero-order valence-corrected chi connectivity index (χ0v) is 23.0. The summed E-state index contributed by atoms with van der Waals surface area (Å²) in [6, 6.07) is -1.04. The van der Waals surface area contributed by atoms with E-state index in [1.165, 1.54) is 23.8 Å². The van der Waals surface area contributed by atoms with Gasteiger partial charge in [-0.25, -0.2) is 28.9 Å². The minimum absolute atomic E-state index is 0.102. The SMILES string of the molecule is O=C1N=CN=C2C1N=CN2[C@@H]1O[C@@H]2COP(=O)(S)OCCn3c(nc4cncnc43)COP(O)(=S)O[C@@H]1[C@@H]2F. The van der Waals surface area contributed by atoms with Crippen LogP contribution in [0.3, 0.4) is 0 Å². The van der Waals surface area contributed by atoms with E-state index in [1.807, 2.05) is 0 Å². The standard InChI is InChI=1S/C18H19FN8O8P2S2/c19-12-10-4-32-36(29,38)31-2-1-26-11(25-9-3-20-6-21-15(9)26)5-33-37(30,39)35-14(12)18(34-10)27-8-24-13-16(27)22-7-23-17(13)28/h3,6-8,10,12-14,18H,1-2,4-5H2,(H,29,38)(H,30,39)/t10-,12-,13?,14-,18-,36?,37?/m1/s1. The van der Waals surface area contributed by atoms with E-state index in [0.717, 1.165) is 6.34 Å². The number of aliphatic imine (C=N–C) groups is 3. The van der Waals surface area contributed by atoms with Crippen LogP contribution >= 0.6 is 25.8 Å². The molecule has 7 atom stereocenters. The predicted octanol–water partition coefficient (Wildman–Crippen LogP) is 0.772. The summed E-state index contributed by atoms with van der Waals surface area (Å²) >= 11 is 9.18. The zero-order chi connectivity index (χ0) is 27.4. The molecule has 4 aliphatic rings. The summed E-state index contributed by atoms with van der Waals surface area (Å²) in [6.45, 7) is -9.04. The molecule has 0 aliphatic carbocycles. The highest BCUT2D eigenvalue weighted by Gasteiger charge is 2.54. The lowest BCUT2D eigenvalue weighted by molar-refractivity contribution is -0.117. The minimum atomic E-state index is -4.13. The predicted molar refractivity (Wildman–Crippen MR) is 139 cm³/mol. The molecule has 39 heavy (non-hydrogen) atoms. The maximum atomic E-state index is 15.7. The number of halogens is 1. The normalized spacial score (nSPS) is 37.3. The van der Waals surface area contributed by atoms with Crippen LogP contribution in [0.15, 0.2) is 27.5 Å². The van der Waals surface area contributed by atoms with Gasteiger partial charge in [0.05, 0.1) is 25.7 Å². The van der Waals surface area contributed by atoms with Gasteiger partial charge in [0.1, 0.15) is 48.7 Å². The van der Waals surface area contributed by atoms with Gasteiger partial charge in [-0.2, -0.15) is 4.99 Å². The Kier molecular flexibility index (Phi) is 7.24. The van der Waals surface area contributed by atoms with Crippen molar-refractivity contribution >= 4 is 73.2 Å². The largest absolute Gasteiger partial charge is 0.386 e. The van der Waals surface area contributed by atoms with Crippen LogP contribution in [0.4, 0.5) is 4.39 Å². The lowest BCUT2D eigenvalue weighted by Crippen LogP contribution is -2.48. The highest BCUT2D eigenvalue weighted by molar-refractivity contribution is 8.44. The molecule has 0 spiro atoms. The fourth-order valence-corrected chi connectivity index (χ4v) is 6.83. The second kappa shape index (κ2) is 10.4. The van der Waals surface area contributed by atoms with Gasteiger partial charge in [-0.05, 0) is 11.8 Å².